The number of hydrogen-bond donors (Lipinski definition) is 1. The first-order valence-electron chi connectivity index (χ1n) is 10.8. The Kier molecular flexibility index (Phi) is 7.37. The molecule has 1 aliphatic rings. The van der Waals surface area contributed by atoms with Gasteiger partial charge in [0.1, 0.15) is 4.70 Å². The zero-order valence-electron chi connectivity index (χ0n) is 18.1. The van der Waals surface area contributed by atoms with Gasteiger partial charge in [-0.1, -0.05) is 54.6 Å². The van der Waals surface area contributed by atoms with Gasteiger partial charge in [-0.15, -0.1) is 0 Å². The van der Waals surface area contributed by atoms with Crippen LogP contribution < -0.4 is 15.8 Å². The first-order chi connectivity index (χ1) is 15.4. The quantitative estimate of drug-likeness (QED) is 0.374. The minimum Gasteiger partial charge on any atom is -0.348 e. The molecule has 3 heterocycles. The van der Waals surface area contributed by atoms with Crippen LogP contribution in [0.25, 0.3) is 10.3 Å². The molecule has 1 amide bonds. The molecule has 10 heteroatoms. The number of aromatic nitrogens is 3. The Bertz CT molecular complexity index is 1170. The Hall–Kier alpha value is -2.10. The van der Waals surface area contributed by atoms with Crippen LogP contribution in [-0.2, 0) is 11.3 Å². The van der Waals surface area contributed by atoms with Crippen molar-refractivity contribution >= 4 is 61.8 Å². The van der Waals surface area contributed by atoms with E-state index in [0.29, 0.717) is 32.8 Å². The van der Waals surface area contributed by atoms with Crippen molar-refractivity contribution in [3.8, 4) is 0 Å². The second kappa shape index (κ2) is 10.2. The lowest BCUT2D eigenvalue weighted by atomic mass is 10.00. The largest absolute Gasteiger partial charge is 0.348 e. The van der Waals surface area contributed by atoms with Gasteiger partial charge in [0.15, 0.2) is 15.9 Å². The zero-order chi connectivity index (χ0) is 22.7. The smallest absolute Gasteiger partial charge is 0.273 e. The standard InChI is InChI=1S/C22H26ClN5O2S2/c1-3-9-28-20(30)18-19(25-21(32-18)27-10-7-14(2)8-11-27)26-22(28)31-13-17(29)24-16-6-4-5-15(23)12-16/h4-6,12,14H,3,7-11,13H2,1-2H3,(H,24,29). The molecule has 1 aliphatic heterocycles. The lowest BCUT2D eigenvalue weighted by Gasteiger charge is -2.29. The molecule has 1 fully saturated rings. The number of thioether (sulfide) groups is 1. The molecule has 0 aliphatic carbocycles. The molecular weight excluding hydrogens is 466 g/mol. The number of anilines is 2. The van der Waals surface area contributed by atoms with Crippen molar-refractivity contribution in [1.82, 2.24) is 14.5 Å². The van der Waals surface area contributed by atoms with Crippen molar-refractivity contribution in [2.75, 3.05) is 29.1 Å². The minimum atomic E-state index is -0.184. The number of amides is 1. The SMILES string of the molecule is CCCn1c(SCC(=O)Nc2cccc(Cl)c2)nc2nc(N3CCC(C)CC3)sc2c1=O. The number of hydrogen-bond acceptors (Lipinski definition) is 7. The highest BCUT2D eigenvalue weighted by molar-refractivity contribution is 7.99. The fraction of sp³-hybridized carbons (Fsp3) is 0.455. The highest BCUT2D eigenvalue weighted by Gasteiger charge is 2.22. The Labute approximate surface area is 200 Å². The first-order valence-corrected chi connectivity index (χ1v) is 13.0. The molecule has 2 aromatic heterocycles. The maximum Gasteiger partial charge on any atom is 0.273 e. The van der Waals surface area contributed by atoms with Crippen LogP contribution in [0.4, 0.5) is 10.8 Å². The van der Waals surface area contributed by atoms with Crippen LogP contribution in [0, 0.1) is 5.92 Å². The zero-order valence-corrected chi connectivity index (χ0v) is 20.5. The van der Waals surface area contributed by atoms with Gasteiger partial charge in [0.2, 0.25) is 5.91 Å². The van der Waals surface area contributed by atoms with Gasteiger partial charge in [0.25, 0.3) is 5.56 Å². The van der Waals surface area contributed by atoms with E-state index in [4.69, 9.17) is 11.6 Å². The summed E-state index contributed by atoms with van der Waals surface area (Å²) in [4.78, 5) is 37.3. The van der Waals surface area contributed by atoms with Crippen LogP contribution in [0.1, 0.15) is 33.1 Å². The van der Waals surface area contributed by atoms with E-state index in [-0.39, 0.29) is 17.2 Å². The molecule has 32 heavy (non-hydrogen) atoms. The number of nitrogens with zero attached hydrogens (tertiary/aromatic N) is 4. The Morgan fingerprint density at radius 1 is 1.31 bits per heavy atom. The van der Waals surface area contributed by atoms with E-state index in [0.717, 1.165) is 43.4 Å². The third-order valence-electron chi connectivity index (χ3n) is 5.41. The van der Waals surface area contributed by atoms with E-state index in [1.807, 2.05) is 6.92 Å². The normalized spacial score (nSPS) is 14.8. The van der Waals surface area contributed by atoms with Crippen LogP contribution in [0.5, 0.6) is 0 Å². The molecule has 7 nitrogen and oxygen atoms in total. The predicted octanol–water partition coefficient (Wildman–Crippen LogP) is 4.88. The number of rotatable bonds is 7. The second-order valence-electron chi connectivity index (χ2n) is 8.02. The summed E-state index contributed by atoms with van der Waals surface area (Å²) >= 11 is 8.66. The molecule has 0 atom stereocenters. The summed E-state index contributed by atoms with van der Waals surface area (Å²) in [5.41, 5.74) is 1.03. The lowest BCUT2D eigenvalue weighted by molar-refractivity contribution is -0.113. The van der Waals surface area contributed by atoms with E-state index in [1.54, 1.807) is 28.8 Å². The fourth-order valence-electron chi connectivity index (χ4n) is 3.64. The topological polar surface area (TPSA) is 80.1 Å². The first kappa shape index (κ1) is 23.1. The average Bonchev–Trinajstić information content (AvgIpc) is 3.19. The second-order valence-corrected chi connectivity index (χ2v) is 10.4. The van der Waals surface area contributed by atoms with Gasteiger partial charge >= 0.3 is 0 Å². The number of carbonyl (C=O) groups is 1. The molecule has 0 radical (unpaired) electrons. The number of fused-ring (bicyclic) bond motifs is 1. The highest BCUT2D eigenvalue weighted by Crippen LogP contribution is 2.30. The molecule has 0 bridgehead atoms. The molecule has 1 N–H and O–H groups in total. The van der Waals surface area contributed by atoms with Crippen molar-refractivity contribution in [3.63, 3.8) is 0 Å². The Morgan fingerprint density at radius 2 is 2.09 bits per heavy atom. The molecule has 3 aromatic rings. The minimum absolute atomic E-state index is 0.0799. The molecule has 1 saturated heterocycles. The van der Waals surface area contributed by atoms with Gasteiger partial charge in [-0.05, 0) is 43.4 Å². The van der Waals surface area contributed by atoms with Crippen molar-refractivity contribution in [1.29, 1.82) is 0 Å². The number of thiazole rings is 1. The van der Waals surface area contributed by atoms with Gasteiger partial charge in [0.05, 0.1) is 5.75 Å². The van der Waals surface area contributed by atoms with Crippen LogP contribution in [0.3, 0.4) is 0 Å². The Morgan fingerprint density at radius 3 is 2.81 bits per heavy atom. The van der Waals surface area contributed by atoms with Crippen molar-refractivity contribution < 1.29 is 4.79 Å². The lowest BCUT2D eigenvalue weighted by Crippen LogP contribution is -2.32. The van der Waals surface area contributed by atoms with E-state index in [9.17, 15) is 9.59 Å². The van der Waals surface area contributed by atoms with Crippen molar-refractivity contribution in [3.05, 3.63) is 39.6 Å². The molecule has 0 unspecified atom stereocenters. The molecule has 0 saturated carbocycles. The molecule has 1 aromatic carbocycles. The molecule has 4 rings (SSSR count). The van der Waals surface area contributed by atoms with Gasteiger partial charge in [-0.25, -0.2) is 4.98 Å². The summed E-state index contributed by atoms with van der Waals surface area (Å²) in [5.74, 6) is 0.674. The maximum absolute atomic E-state index is 13.2. The third kappa shape index (κ3) is 5.27. The summed E-state index contributed by atoms with van der Waals surface area (Å²) in [7, 11) is 0. The average molecular weight is 492 g/mol. The molecule has 170 valence electrons. The summed E-state index contributed by atoms with van der Waals surface area (Å²) in [5, 5.41) is 4.77. The van der Waals surface area contributed by atoms with Gasteiger partial charge < -0.3 is 10.2 Å². The Balaban J connectivity index is 1.55. The number of piperidine rings is 1. The van der Waals surface area contributed by atoms with E-state index < -0.39 is 0 Å². The molecule has 0 spiro atoms. The summed E-state index contributed by atoms with van der Waals surface area (Å²) in [6.07, 6.45) is 3.06. The third-order valence-corrected chi connectivity index (χ3v) is 7.72. The summed E-state index contributed by atoms with van der Waals surface area (Å²) in [6.45, 7) is 6.75. The monoisotopic (exact) mass is 491 g/mol. The number of carbonyl (C=O) groups excluding carboxylic acids is 1. The number of benzene rings is 1. The summed E-state index contributed by atoms with van der Waals surface area (Å²) < 4.78 is 2.25. The van der Waals surface area contributed by atoms with Crippen LogP contribution in [0.2, 0.25) is 5.02 Å². The predicted molar refractivity (Wildman–Crippen MR) is 133 cm³/mol. The highest BCUT2D eigenvalue weighted by atomic mass is 35.5. The van der Waals surface area contributed by atoms with E-state index in [1.165, 1.54) is 23.1 Å². The summed E-state index contributed by atoms with van der Waals surface area (Å²) in [6, 6.07) is 7.01. The van der Waals surface area contributed by atoms with Crippen LogP contribution in [-0.4, -0.2) is 39.3 Å². The van der Waals surface area contributed by atoms with Gasteiger partial charge in [-0.3, -0.25) is 14.2 Å². The van der Waals surface area contributed by atoms with Crippen molar-refractivity contribution in [2.45, 2.75) is 44.8 Å². The van der Waals surface area contributed by atoms with Crippen LogP contribution in [0.15, 0.2) is 34.2 Å². The maximum atomic E-state index is 13.2. The number of nitrogens with one attached hydrogen (secondary N) is 1. The number of halogens is 1. The van der Waals surface area contributed by atoms with Gasteiger partial charge in [0, 0.05) is 30.3 Å². The van der Waals surface area contributed by atoms with Crippen molar-refractivity contribution in [2.24, 2.45) is 5.92 Å². The van der Waals surface area contributed by atoms with E-state index in [2.05, 4.69) is 27.1 Å². The van der Waals surface area contributed by atoms with E-state index >= 15 is 0 Å². The fourth-order valence-corrected chi connectivity index (χ4v) is 5.65. The van der Waals surface area contributed by atoms with Gasteiger partial charge in [-0.2, -0.15) is 4.98 Å². The molecular formula is C22H26ClN5O2S2. The van der Waals surface area contributed by atoms with Crippen LogP contribution >= 0.6 is 34.7 Å².